The van der Waals surface area contributed by atoms with Crippen molar-refractivity contribution in [3.8, 4) is 0 Å². The van der Waals surface area contributed by atoms with E-state index in [0.29, 0.717) is 12.1 Å². The molecule has 120 valence electrons. The molecule has 1 aromatic carbocycles. The molecule has 0 unspecified atom stereocenters. The number of nitrogens with one attached hydrogen (secondary N) is 1. The number of hydrogen-bond acceptors (Lipinski definition) is 4. The van der Waals surface area contributed by atoms with Gasteiger partial charge in [0, 0.05) is 34.5 Å². The first-order chi connectivity index (χ1) is 11.1. The van der Waals surface area contributed by atoms with Crippen molar-refractivity contribution < 1.29 is 9.72 Å². The topological polar surface area (TPSA) is 72.2 Å². The molecule has 1 amide bonds. The Balaban J connectivity index is 1.73. The van der Waals surface area contributed by atoms with Gasteiger partial charge in [0.25, 0.3) is 11.6 Å². The maximum absolute atomic E-state index is 12.4. The van der Waals surface area contributed by atoms with E-state index in [9.17, 15) is 14.9 Å². The molecule has 0 aliphatic heterocycles. The minimum atomic E-state index is -0.485. The second-order valence-electron chi connectivity index (χ2n) is 5.95. The Bertz CT molecular complexity index is 706. The van der Waals surface area contributed by atoms with Crippen LogP contribution in [0.5, 0.6) is 0 Å². The van der Waals surface area contributed by atoms with Gasteiger partial charge in [0.1, 0.15) is 0 Å². The zero-order valence-corrected chi connectivity index (χ0v) is 13.5. The normalized spacial score (nSPS) is 16.2. The fourth-order valence-electron chi connectivity index (χ4n) is 3.25. The highest BCUT2D eigenvalue weighted by Crippen LogP contribution is 2.42. The van der Waals surface area contributed by atoms with Gasteiger partial charge in [-0.05, 0) is 30.4 Å². The van der Waals surface area contributed by atoms with Gasteiger partial charge >= 0.3 is 0 Å². The van der Waals surface area contributed by atoms with E-state index in [0.717, 1.165) is 12.8 Å². The number of rotatable bonds is 5. The van der Waals surface area contributed by atoms with E-state index in [1.54, 1.807) is 17.4 Å². The van der Waals surface area contributed by atoms with Crippen LogP contribution in [0.15, 0.2) is 41.8 Å². The van der Waals surface area contributed by atoms with Crippen molar-refractivity contribution in [2.75, 3.05) is 6.54 Å². The summed E-state index contributed by atoms with van der Waals surface area (Å²) in [4.78, 5) is 24.0. The summed E-state index contributed by atoms with van der Waals surface area (Å²) in [7, 11) is 0. The van der Waals surface area contributed by atoms with Crippen molar-refractivity contribution >= 4 is 22.9 Å². The highest BCUT2D eigenvalue weighted by molar-refractivity contribution is 7.10. The molecule has 1 heterocycles. The third kappa shape index (κ3) is 3.27. The van der Waals surface area contributed by atoms with Gasteiger partial charge in [-0.15, -0.1) is 11.3 Å². The minimum absolute atomic E-state index is 0.0184. The van der Waals surface area contributed by atoms with E-state index in [4.69, 9.17) is 0 Å². The SMILES string of the molecule is O=C(NCC1(c2cccs2)CCCC1)c1cccc([N+](=O)[O-])c1. The van der Waals surface area contributed by atoms with E-state index < -0.39 is 4.92 Å². The lowest BCUT2D eigenvalue weighted by atomic mass is 9.84. The Morgan fingerprint density at radius 2 is 2.04 bits per heavy atom. The summed E-state index contributed by atoms with van der Waals surface area (Å²) in [5.41, 5.74) is 0.287. The van der Waals surface area contributed by atoms with E-state index in [2.05, 4.69) is 16.8 Å². The molecule has 6 heteroatoms. The number of nitro benzene ring substituents is 1. The van der Waals surface area contributed by atoms with Gasteiger partial charge in [0.2, 0.25) is 0 Å². The molecule has 1 aliphatic rings. The molecule has 23 heavy (non-hydrogen) atoms. The van der Waals surface area contributed by atoms with Crippen LogP contribution in [0, 0.1) is 10.1 Å². The van der Waals surface area contributed by atoms with E-state index in [1.165, 1.54) is 35.9 Å². The molecule has 1 fully saturated rings. The van der Waals surface area contributed by atoms with Gasteiger partial charge in [-0.2, -0.15) is 0 Å². The van der Waals surface area contributed by atoms with Gasteiger partial charge < -0.3 is 5.32 Å². The van der Waals surface area contributed by atoms with Crippen LogP contribution in [0.25, 0.3) is 0 Å². The molecule has 0 bridgehead atoms. The standard InChI is InChI=1S/C17H18N2O3S/c20-16(13-5-3-6-14(11-13)19(21)22)18-12-17(8-1-2-9-17)15-7-4-10-23-15/h3-7,10-11H,1-2,8-9,12H2,(H,18,20). The van der Waals surface area contributed by atoms with Gasteiger partial charge in [0.15, 0.2) is 0 Å². The lowest BCUT2D eigenvalue weighted by molar-refractivity contribution is -0.384. The third-order valence-electron chi connectivity index (χ3n) is 4.51. The Morgan fingerprint density at radius 3 is 2.70 bits per heavy atom. The molecule has 0 atom stereocenters. The predicted molar refractivity (Wildman–Crippen MR) is 89.9 cm³/mol. The van der Waals surface area contributed by atoms with Crippen LogP contribution in [0.4, 0.5) is 5.69 Å². The highest BCUT2D eigenvalue weighted by atomic mass is 32.1. The number of benzene rings is 1. The summed E-state index contributed by atoms with van der Waals surface area (Å²) < 4.78 is 0. The van der Waals surface area contributed by atoms with Crippen molar-refractivity contribution in [3.63, 3.8) is 0 Å². The number of amides is 1. The van der Waals surface area contributed by atoms with Crippen LogP contribution in [-0.2, 0) is 5.41 Å². The molecule has 0 spiro atoms. The van der Waals surface area contributed by atoms with Gasteiger partial charge in [-0.1, -0.05) is 25.0 Å². The van der Waals surface area contributed by atoms with Crippen LogP contribution in [-0.4, -0.2) is 17.4 Å². The molecular formula is C17H18N2O3S. The second-order valence-corrected chi connectivity index (χ2v) is 6.90. The van der Waals surface area contributed by atoms with Crippen molar-refractivity contribution in [1.29, 1.82) is 0 Å². The molecule has 3 rings (SSSR count). The van der Waals surface area contributed by atoms with Gasteiger partial charge in [0.05, 0.1) is 4.92 Å². The summed E-state index contributed by atoms with van der Waals surface area (Å²) in [6, 6.07) is 10.0. The Kier molecular flexibility index (Phi) is 4.43. The lowest BCUT2D eigenvalue weighted by Crippen LogP contribution is -2.38. The van der Waals surface area contributed by atoms with Crippen LogP contribution in [0.3, 0.4) is 0 Å². The van der Waals surface area contributed by atoms with Crippen molar-refractivity contribution in [3.05, 3.63) is 62.3 Å². The first-order valence-electron chi connectivity index (χ1n) is 7.67. The first-order valence-corrected chi connectivity index (χ1v) is 8.55. The molecule has 2 aromatic rings. The number of hydrogen-bond donors (Lipinski definition) is 1. The number of nitro groups is 1. The molecular weight excluding hydrogens is 312 g/mol. The van der Waals surface area contributed by atoms with Gasteiger partial charge in [-0.25, -0.2) is 0 Å². The quantitative estimate of drug-likeness (QED) is 0.667. The average molecular weight is 330 g/mol. The molecule has 1 aliphatic carbocycles. The molecule has 5 nitrogen and oxygen atoms in total. The maximum atomic E-state index is 12.4. The van der Waals surface area contributed by atoms with Gasteiger partial charge in [-0.3, -0.25) is 14.9 Å². The number of carbonyl (C=O) groups is 1. The van der Waals surface area contributed by atoms with Crippen LogP contribution >= 0.6 is 11.3 Å². The maximum Gasteiger partial charge on any atom is 0.270 e. The summed E-state index contributed by atoms with van der Waals surface area (Å²) >= 11 is 1.73. The van der Waals surface area contributed by atoms with Crippen LogP contribution in [0.2, 0.25) is 0 Å². The highest BCUT2D eigenvalue weighted by Gasteiger charge is 2.36. The number of carbonyl (C=O) groups excluding carboxylic acids is 1. The van der Waals surface area contributed by atoms with Crippen LogP contribution in [0.1, 0.15) is 40.9 Å². The summed E-state index contributed by atoms with van der Waals surface area (Å²) in [6.07, 6.45) is 4.49. The van der Waals surface area contributed by atoms with Crippen LogP contribution < -0.4 is 5.32 Å². The fourth-order valence-corrected chi connectivity index (χ4v) is 4.24. The Hall–Kier alpha value is -2.21. The monoisotopic (exact) mass is 330 g/mol. The second kappa shape index (κ2) is 6.50. The number of nitrogens with zero attached hydrogens (tertiary/aromatic N) is 1. The summed E-state index contributed by atoms with van der Waals surface area (Å²) in [5, 5.41) is 15.9. The summed E-state index contributed by atoms with van der Waals surface area (Å²) in [5.74, 6) is -0.253. The van der Waals surface area contributed by atoms with Crippen molar-refractivity contribution in [2.24, 2.45) is 0 Å². The predicted octanol–water partition coefficient (Wildman–Crippen LogP) is 3.90. The number of non-ortho nitro benzene ring substituents is 1. The third-order valence-corrected chi connectivity index (χ3v) is 5.63. The molecule has 1 N–H and O–H groups in total. The first kappa shape index (κ1) is 15.7. The average Bonchev–Trinajstić information content (AvgIpc) is 3.24. The van der Waals surface area contributed by atoms with Crippen molar-refractivity contribution in [1.82, 2.24) is 5.32 Å². The van der Waals surface area contributed by atoms with E-state index in [1.807, 2.05) is 6.07 Å². The summed E-state index contributed by atoms with van der Waals surface area (Å²) in [6.45, 7) is 0.578. The smallest absolute Gasteiger partial charge is 0.270 e. The van der Waals surface area contributed by atoms with Crippen molar-refractivity contribution in [2.45, 2.75) is 31.1 Å². The number of thiophene rings is 1. The molecule has 0 radical (unpaired) electrons. The Labute approximate surface area is 138 Å². The minimum Gasteiger partial charge on any atom is -0.351 e. The zero-order chi connectivity index (χ0) is 16.3. The van der Waals surface area contributed by atoms with E-state index in [-0.39, 0.29) is 17.0 Å². The zero-order valence-electron chi connectivity index (χ0n) is 12.7. The molecule has 0 saturated heterocycles. The largest absolute Gasteiger partial charge is 0.351 e. The molecule has 1 aromatic heterocycles. The lowest BCUT2D eigenvalue weighted by Gasteiger charge is -2.28. The molecule has 1 saturated carbocycles. The Morgan fingerprint density at radius 1 is 1.26 bits per heavy atom. The van der Waals surface area contributed by atoms with E-state index >= 15 is 0 Å². The fraction of sp³-hybridized carbons (Fsp3) is 0.353.